The van der Waals surface area contributed by atoms with Gasteiger partial charge in [0.25, 0.3) is 11.6 Å². The zero-order valence-electron chi connectivity index (χ0n) is 78.3. The fourth-order valence-corrected chi connectivity index (χ4v) is 28.9. The van der Waals surface area contributed by atoms with E-state index in [1.807, 2.05) is 58.9 Å². The molecule has 20 rings (SSSR count). The molecule has 746 valence electrons. The van der Waals surface area contributed by atoms with Crippen molar-refractivity contribution in [2.45, 2.75) is 182 Å². The highest BCUT2D eigenvalue weighted by Gasteiger charge is 2.45. The summed E-state index contributed by atoms with van der Waals surface area (Å²) < 4.78 is 214. The Morgan fingerprint density at radius 3 is 1.13 bits per heavy atom. The molecule has 28 nitrogen and oxygen atoms in total. The van der Waals surface area contributed by atoms with Crippen molar-refractivity contribution in [2.75, 3.05) is 28.8 Å². The number of fused-ring (bicyclic) bond motifs is 10. The van der Waals surface area contributed by atoms with E-state index in [1.165, 1.54) is 78.9 Å². The molecule has 0 unspecified atom stereocenters. The molecule has 5 N–H and O–H groups in total. The summed E-state index contributed by atoms with van der Waals surface area (Å²) in [7, 11) is -16.6. The van der Waals surface area contributed by atoms with E-state index < -0.39 is 119 Å². The Kier molecular flexibility index (Phi) is 27.3. The van der Waals surface area contributed by atoms with Gasteiger partial charge < -0.3 is 48.4 Å². The SMILES string of the molecule is Cc1c(Cc2ccc3c(c2)C(C)(C)CS3(=O)=O)c2cc(F)ccc2n1CC(=O)O.Cc1c(Cc2ccc3c(c2)CCS3(=O)=O)c2cc([N+](=O)[O-])ccc2n1CC(=O)O.Cc1cc2c(cc1Cc1c(C)n(CC(=O)O)c3ccc(F)cc13)C(F)(F)CCS2(=O)=O.Cc1cc2c(cc1Cc1c(C)n(CC(=O)O)c3ccc(F)cc13)CCS2(=O)=O.O=C(O)Cn1cc(Cc2ccc3c(c2)CCS3(=O)=O)c2cc(F)ccc21. The number of benzene rings is 10. The fraction of sp³-hybridized carbons (Fsp3) is 0.279. The molecule has 5 aliphatic rings. The number of sulfone groups is 5. The van der Waals surface area contributed by atoms with Crippen LogP contribution in [0, 0.1) is 74.9 Å². The maximum Gasteiger partial charge on any atom is 0.323 e. The van der Waals surface area contributed by atoms with Crippen molar-refractivity contribution in [1.29, 1.82) is 0 Å². The summed E-state index contributed by atoms with van der Waals surface area (Å²) in [6.45, 7) is 13.3. The molecule has 0 radical (unpaired) electrons. The Morgan fingerprint density at radius 2 is 0.706 bits per heavy atom. The number of alkyl halides is 2. The van der Waals surface area contributed by atoms with Crippen LogP contribution in [-0.2, 0) is 169 Å². The van der Waals surface area contributed by atoms with Crippen LogP contribution in [0.1, 0.15) is 138 Å². The number of non-ortho nitro benzene ring substituents is 1. The molecule has 39 heteroatoms. The smallest absolute Gasteiger partial charge is 0.323 e. The highest BCUT2D eigenvalue weighted by Crippen LogP contribution is 2.46. The third kappa shape index (κ3) is 20.5. The summed E-state index contributed by atoms with van der Waals surface area (Å²) in [5.41, 5.74) is 17.6. The monoisotopic (exact) mass is 2050 g/mol. The molecule has 0 bridgehead atoms. The largest absolute Gasteiger partial charge is 0.480 e. The van der Waals surface area contributed by atoms with Crippen LogP contribution in [0.4, 0.5) is 32.0 Å². The predicted octanol–water partition coefficient (Wildman–Crippen LogP) is 17.2. The first-order chi connectivity index (χ1) is 67.1. The van der Waals surface area contributed by atoms with Gasteiger partial charge in [-0.3, -0.25) is 34.1 Å². The minimum Gasteiger partial charge on any atom is -0.480 e. The maximum absolute atomic E-state index is 14.5. The van der Waals surface area contributed by atoms with Gasteiger partial charge in [-0.25, -0.2) is 68.4 Å². The second-order valence-corrected chi connectivity index (χ2v) is 47.6. The number of nitro benzene ring substituents is 1. The summed E-state index contributed by atoms with van der Waals surface area (Å²) in [6.07, 6.45) is 4.39. The standard InChI is InChI=1S/C22H20F3NO4S.C22H22FNO4S.C21H20FNO4S.C20H18N2O6S.C19H16FNO4S/c1-12-7-20-18(22(24,25)5-6-31(20,29)30)9-14(12)8-16-13(2)26(11-21(27)28)19-4-3-15(23)10-17(16)19;1-13-16(17-10-15(23)5-6-19(17)24(13)11-21(25)26)8-14-4-7-20-18(9-14)22(2,3)12-29(20,27)28;1-12-7-20-14(5-6-28(20,26)27)8-15(12)9-17-13(2)23(11-21(24)25)19-4-3-16(22)10-18(17)19;1-12-16(9-13-2-5-19-14(8-13)6-7-29(19,27)28)17-10-15(22(25)26)3-4-18(17)21(12)11-20(23)24;20-15-2-3-17-16(9-15)14(10-21(17)11-19(22)23)8-12-1-4-18-13(7-12)5-6-26(18,24)25/h3-4,7,9-10H,5-6,8,11H2,1-2H3,(H,27,28);4-7,9-10H,8,11-12H2,1-3H3,(H,25,26);3-4,7-8,10H,5-6,9,11H2,1-2H3,(H,24,25);2-5,8,10H,6-7,9,11H2,1H3,(H,23,24);1-4,7,9-10H,5-6,8,11H2,(H,22,23). The third-order valence-electron chi connectivity index (χ3n) is 27.4. The van der Waals surface area contributed by atoms with E-state index in [4.69, 9.17) is 5.11 Å². The van der Waals surface area contributed by atoms with E-state index >= 15 is 0 Å². The molecule has 10 aromatic carbocycles. The lowest BCUT2D eigenvalue weighted by molar-refractivity contribution is -0.384. The van der Waals surface area contributed by atoms with Crippen LogP contribution >= 0.6 is 0 Å². The van der Waals surface area contributed by atoms with Crippen LogP contribution in [-0.4, -0.2) is 154 Å². The molecule has 0 saturated heterocycles. The Bertz CT molecular complexity index is 8590. The van der Waals surface area contributed by atoms with Crippen molar-refractivity contribution in [3.8, 4) is 0 Å². The Morgan fingerprint density at radius 1 is 0.357 bits per heavy atom. The number of nitro groups is 1. The molecule has 0 spiro atoms. The Balaban J connectivity index is 0.000000128. The van der Waals surface area contributed by atoms with Gasteiger partial charge >= 0.3 is 29.8 Å². The number of rotatable bonds is 21. The van der Waals surface area contributed by atoms with Crippen LogP contribution in [0.5, 0.6) is 0 Å². The van der Waals surface area contributed by atoms with Crippen molar-refractivity contribution < 1.29 is 123 Å². The molecule has 143 heavy (non-hydrogen) atoms. The summed E-state index contributed by atoms with van der Waals surface area (Å²) >= 11 is 0. The predicted molar refractivity (Wildman–Crippen MR) is 522 cm³/mol. The molecule has 0 aliphatic carbocycles. The number of aryl methyl sites for hydroxylation is 5. The van der Waals surface area contributed by atoms with Gasteiger partial charge in [-0.2, -0.15) is 0 Å². The van der Waals surface area contributed by atoms with Gasteiger partial charge in [-0.1, -0.05) is 56.3 Å². The lowest BCUT2D eigenvalue weighted by Crippen LogP contribution is -2.28. The summed E-state index contributed by atoms with van der Waals surface area (Å²) in [5, 5.41) is 60.5. The molecule has 5 aromatic heterocycles. The number of hydrogen-bond donors (Lipinski definition) is 5. The number of hydrogen-bond acceptors (Lipinski definition) is 17. The lowest BCUT2D eigenvalue weighted by Gasteiger charge is -2.26. The first-order valence-electron chi connectivity index (χ1n) is 45.2. The normalized spacial score (nSPS) is 15.8. The number of carboxylic acid groups (broad SMARTS) is 5. The molecule has 0 saturated carbocycles. The number of carbonyl (C=O) groups is 5. The summed E-state index contributed by atoms with van der Waals surface area (Å²) in [5.74, 6) is -10.0. The highest BCUT2D eigenvalue weighted by molar-refractivity contribution is 7.93. The van der Waals surface area contributed by atoms with Gasteiger partial charge in [-0.05, 0) is 284 Å². The van der Waals surface area contributed by atoms with Gasteiger partial charge in [0, 0.05) is 126 Å². The quantitative estimate of drug-likeness (QED) is 0.0253. The van der Waals surface area contributed by atoms with E-state index in [9.17, 15) is 123 Å². The average molecular weight is 2060 g/mol. The van der Waals surface area contributed by atoms with Gasteiger partial charge in [0.2, 0.25) is 0 Å². The number of nitrogens with zero attached hydrogens (tertiary/aromatic N) is 6. The van der Waals surface area contributed by atoms with Crippen molar-refractivity contribution in [3.63, 3.8) is 0 Å². The molecule has 10 heterocycles. The Hall–Kier alpha value is -14.0. The molecule has 5 aliphatic heterocycles. The van der Waals surface area contributed by atoms with E-state index in [0.717, 1.165) is 89.4 Å². The number of aromatic nitrogens is 5. The summed E-state index contributed by atoms with van der Waals surface area (Å²) in [6, 6.07) is 43.4. The van der Waals surface area contributed by atoms with E-state index in [0.29, 0.717) is 141 Å². The van der Waals surface area contributed by atoms with Gasteiger partial charge in [-0.15, -0.1) is 0 Å². The lowest BCUT2D eigenvalue weighted by atomic mass is 9.85. The summed E-state index contributed by atoms with van der Waals surface area (Å²) in [4.78, 5) is 68.2. The van der Waals surface area contributed by atoms with Crippen molar-refractivity contribution in [3.05, 3.63) is 327 Å². The zero-order valence-corrected chi connectivity index (χ0v) is 82.4. The van der Waals surface area contributed by atoms with E-state index in [1.54, 1.807) is 117 Å². The number of carboxylic acids is 5. The van der Waals surface area contributed by atoms with Crippen LogP contribution in [0.25, 0.3) is 54.5 Å². The minimum atomic E-state index is -3.78. The Labute approximate surface area is 816 Å². The van der Waals surface area contributed by atoms with E-state index in [2.05, 4.69) is 0 Å². The van der Waals surface area contributed by atoms with E-state index in [-0.39, 0.29) is 90.2 Å². The molecular formula is C104H96F6N6O22S5. The average Bonchev–Trinajstić information content (AvgIpc) is 0.828. The van der Waals surface area contributed by atoms with Crippen LogP contribution in [0.15, 0.2) is 201 Å². The van der Waals surface area contributed by atoms with Crippen molar-refractivity contribution in [2.24, 2.45) is 0 Å². The van der Waals surface area contributed by atoms with Gasteiger partial charge in [0.05, 0.1) is 58.2 Å². The van der Waals surface area contributed by atoms with Gasteiger partial charge in [0.15, 0.2) is 49.2 Å². The molecule has 0 amide bonds. The molecule has 15 aromatic rings. The zero-order chi connectivity index (χ0) is 103. The van der Waals surface area contributed by atoms with Crippen molar-refractivity contribution in [1.82, 2.24) is 22.8 Å². The molecule has 0 atom stereocenters. The van der Waals surface area contributed by atoms with Crippen LogP contribution in [0.3, 0.4) is 0 Å². The first kappa shape index (κ1) is 102. The molecular weight excluding hydrogens is 1960 g/mol. The number of aliphatic carboxylic acids is 5. The topological polar surface area (TPSA) is 425 Å². The minimum absolute atomic E-state index is 0.0636. The van der Waals surface area contributed by atoms with Gasteiger partial charge in [0.1, 0.15) is 56.0 Å². The fourth-order valence-electron chi connectivity index (χ4n) is 20.3. The second-order valence-electron chi connectivity index (χ2n) is 37.3. The van der Waals surface area contributed by atoms with Crippen LogP contribution in [0.2, 0.25) is 0 Å². The van der Waals surface area contributed by atoms with Crippen LogP contribution < -0.4 is 0 Å². The maximum atomic E-state index is 14.5. The highest BCUT2D eigenvalue weighted by atomic mass is 32.2. The third-order valence-corrected chi connectivity index (χ3v) is 36.7. The second kappa shape index (κ2) is 38.3. The first-order valence-corrected chi connectivity index (χ1v) is 53.4. The molecule has 0 fully saturated rings. The van der Waals surface area contributed by atoms with Crippen molar-refractivity contribution >= 4 is 139 Å². The number of halogens is 6.